The fourth-order valence-corrected chi connectivity index (χ4v) is 5.37. The molecule has 192 valence electrons. The van der Waals surface area contributed by atoms with E-state index in [4.69, 9.17) is 4.43 Å². The Kier molecular flexibility index (Phi) is 8.78. The van der Waals surface area contributed by atoms with Gasteiger partial charge in [0.05, 0.1) is 18.1 Å². The van der Waals surface area contributed by atoms with Crippen LogP contribution in [-0.4, -0.2) is 34.7 Å². The quantitative estimate of drug-likeness (QED) is 0.244. The number of sulfone groups is 1. The van der Waals surface area contributed by atoms with Gasteiger partial charge in [-0.2, -0.15) is 0 Å². The summed E-state index contributed by atoms with van der Waals surface area (Å²) < 4.78 is 30.4. The van der Waals surface area contributed by atoms with Gasteiger partial charge in [0.1, 0.15) is 0 Å². The maximum atomic E-state index is 12.0. The molecule has 1 unspecified atom stereocenters. The lowest BCUT2D eigenvalue weighted by molar-refractivity contribution is 0.276. The van der Waals surface area contributed by atoms with E-state index in [1.807, 2.05) is 54.6 Å². The van der Waals surface area contributed by atoms with E-state index >= 15 is 0 Å². The number of hydrogen-bond acceptors (Lipinski definition) is 4. The van der Waals surface area contributed by atoms with E-state index < -0.39 is 18.2 Å². The van der Waals surface area contributed by atoms with Gasteiger partial charge in [-0.05, 0) is 64.2 Å². The zero-order valence-electron chi connectivity index (χ0n) is 22.2. The number of aliphatic hydroxyl groups is 1. The number of hydrogen-bond donors (Lipinski definition) is 1. The summed E-state index contributed by atoms with van der Waals surface area (Å²) in [5.41, 5.74) is 4.89. The first-order valence-corrected chi connectivity index (χ1v) is 17.0. The highest BCUT2D eigenvalue weighted by Crippen LogP contribution is 2.37. The standard InChI is InChI=1S/C30H38O4SSi/c1-30(2,3)36(5,6)34-22-24-12-10-11-23(19-24)20-28(29(21-31)25-13-8-7-9-14-25)26-15-17-27(18-16-26)35(4,32)33/h7-20,29,31H,21-22H2,1-6H3/b28-20+. The highest BCUT2D eigenvalue weighted by Gasteiger charge is 2.37. The van der Waals surface area contributed by atoms with Crippen LogP contribution in [0.1, 0.15) is 48.9 Å². The van der Waals surface area contributed by atoms with Crippen LogP contribution >= 0.6 is 0 Å². The molecular weight excluding hydrogens is 484 g/mol. The summed E-state index contributed by atoms with van der Waals surface area (Å²) in [4.78, 5) is 0.274. The number of rotatable bonds is 9. The molecule has 1 N–H and O–H groups in total. The lowest BCUT2D eigenvalue weighted by Gasteiger charge is -2.36. The van der Waals surface area contributed by atoms with E-state index in [1.165, 1.54) is 6.26 Å². The summed E-state index contributed by atoms with van der Waals surface area (Å²) in [6.45, 7) is 11.7. The minimum absolute atomic E-state index is 0.0716. The maximum absolute atomic E-state index is 12.0. The van der Waals surface area contributed by atoms with E-state index in [-0.39, 0.29) is 22.5 Å². The average molecular weight is 523 g/mol. The molecule has 0 aliphatic heterocycles. The molecule has 0 amide bonds. The molecule has 6 heteroatoms. The second kappa shape index (κ2) is 11.3. The maximum Gasteiger partial charge on any atom is 0.192 e. The third-order valence-corrected chi connectivity index (χ3v) is 12.7. The van der Waals surface area contributed by atoms with Crippen molar-refractivity contribution in [1.82, 2.24) is 0 Å². The predicted molar refractivity (Wildman–Crippen MR) is 152 cm³/mol. The first kappa shape index (κ1) is 28.1. The fraction of sp³-hybridized carbons (Fsp3) is 0.333. The summed E-state index contributed by atoms with van der Waals surface area (Å²) in [5, 5.41) is 10.6. The Morgan fingerprint density at radius 2 is 1.61 bits per heavy atom. The molecule has 3 rings (SSSR count). The second-order valence-corrected chi connectivity index (χ2v) is 17.7. The normalized spacial score (nSPS) is 14.0. The first-order valence-electron chi connectivity index (χ1n) is 12.2. The van der Waals surface area contributed by atoms with Gasteiger partial charge in [-0.15, -0.1) is 0 Å². The minimum Gasteiger partial charge on any atom is -0.413 e. The van der Waals surface area contributed by atoms with E-state index in [2.05, 4.69) is 52.1 Å². The lowest BCUT2D eigenvalue weighted by Crippen LogP contribution is -2.40. The summed E-state index contributed by atoms with van der Waals surface area (Å²) in [6.07, 6.45) is 3.29. The van der Waals surface area contributed by atoms with Crippen LogP contribution in [0.15, 0.2) is 83.8 Å². The molecule has 0 fully saturated rings. The fourth-order valence-electron chi connectivity index (χ4n) is 3.78. The van der Waals surface area contributed by atoms with Gasteiger partial charge in [-0.1, -0.05) is 87.5 Å². The molecule has 0 saturated carbocycles. The average Bonchev–Trinajstić information content (AvgIpc) is 2.82. The Hall–Kier alpha value is -2.51. The Labute approximate surface area is 217 Å². The van der Waals surface area contributed by atoms with Gasteiger partial charge in [0.15, 0.2) is 18.2 Å². The zero-order valence-corrected chi connectivity index (χ0v) is 24.0. The van der Waals surface area contributed by atoms with Crippen LogP contribution in [0.2, 0.25) is 18.1 Å². The molecule has 0 bridgehead atoms. The molecule has 36 heavy (non-hydrogen) atoms. The lowest BCUT2D eigenvalue weighted by atomic mass is 9.86. The summed E-state index contributed by atoms with van der Waals surface area (Å²) in [7, 11) is -5.17. The molecule has 0 aliphatic carbocycles. The van der Waals surface area contributed by atoms with Crippen molar-refractivity contribution >= 4 is 29.8 Å². The number of aliphatic hydroxyl groups excluding tert-OH is 1. The Balaban J connectivity index is 2.03. The molecule has 1 atom stereocenters. The molecule has 0 saturated heterocycles. The van der Waals surface area contributed by atoms with Gasteiger partial charge in [0.25, 0.3) is 0 Å². The molecule has 0 radical (unpaired) electrons. The third kappa shape index (κ3) is 7.04. The van der Waals surface area contributed by atoms with Crippen molar-refractivity contribution < 1.29 is 18.0 Å². The SMILES string of the molecule is CC(C)(C)[Si](C)(C)OCc1cccc(/C=C(\c2ccc(S(C)(=O)=O)cc2)C(CO)c2ccccc2)c1. The van der Waals surface area contributed by atoms with Crippen LogP contribution < -0.4 is 0 Å². The van der Waals surface area contributed by atoms with E-state index in [1.54, 1.807) is 12.1 Å². The summed E-state index contributed by atoms with van der Waals surface area (Å²) in [6, 6.07) is 25.0. The molecule has 0 heterocycles. The largest absolute Gasteiger partial charge is 0.413 e. The first-order chi connectivity index (χ1) is 16.8. The van der Waals surface area contributed by atoms with Crippen LogP contribution in [0.5, 0.6) is 0 Å². The van der Waals surface area contributed by atoms with Crippen molar-refractivity contribution in [3.8, 4) is 0 Å². The van der Waals surface area contributed by atoms with Crippen molar-refractivity contribution in [3.05, 3.63) is 101 Å². The van der Waals surface area contributed by atoms with Crippen molar-refractivity contribution in [2.24, 2.45) is 0 Å². The molecule has 0 aliphatic rings. The monoisotopic (exact) mass is 522 g/mol. The van der Waals surface area contributed by atoms with Crippen molar-refractivity contribution in [1.29, 1.82) is 0 Å². The van der Waals surface area contributed by atoms with E-state index in [9.17, 15) is 13.5 Å². The van der Waals surface area contributed by atoms with Gasteiger partial charge >= 0.3 is 0 Å². The Bertz CT molecular complexity index is 1290. The molecular formula is C30H38O4SSi. The smallest absolute Gasteiger partial charge is 0.192 e. The van der Waals surface area contributed by atoms with Crippen molar-refractivity contribution in [3.63, 3.8) is 0 Å². The number of benzene rings is 3. The highest BCUT2D eigenvalue weighted by atomic mass is 32.2. The van der Waals surface area contributed by atoms with Gasteiger partial charge in [0, 0.05) is 12.2 Å². The van der Waals surface area contributed by atoms with Gasteiger partial charge in [-0.3, -0.25) is 0 Å². The molecule has 0 spiro atoms. The molecule has 3 aromatic carbocycles. The van der Waals surface area contributed by atoms with Gasteiger partial charge in [0.2, 0.25) is 0 Å². The zero-order chi connectivity index (χ0) is 26.6. The van der Waals surface area contributed by atoms with Crippen LogP contribution in [0.4, 0.5) is 0 Å². The highest BCUT2D eigenvalue weighted by molar-refractivity contribution is 7.90. The van der Waals surface area contributed by atoms with E-state index in [0.717, 1.165) is 27.8 Å². The predicted octanol–water partition coefficient (Wildman–Crippen LogP) is 6.93. The van der Waals surface area contributed by atoms with E-state index in [0.29, 0.717) is 6.61 Å². The molecule has 0 aromatic heterocycles. The van der Waals surface area contributed by atoms with Crippen LogP contribution in [0, 0.1) is 0 Å². The molecule has 4 nitrogen and oxygen atoms in total. The van der Waals surface area contributed by atoms with Gasteiger partial charge in [-0.25, -0.2) is 8.42 Å². The van der Waals surface area contributed by atoms with Gasteiger partial charge < -0.3 is 9.53 Å². The second-order valence-electron chi connectivity index (χ2n) is 10.8. The minimum atomic E-state index is -3.30. The van der Waals surface area contributed by atoms with Crippen LogP contribution in [0.3, 0.4) is 0 Å². The molecule has 3 aromatic rings. The Morgan fingerprint density at radius 1 is 0.972 bits per heavy atom. The topological polar surface area (TPSA) is 63.6 Å². The van der Waals surface area contributed by atoms with Crippen LogP contribution in [0.25, 0.3) is 11.6 Å². The summed E-state index contributed by atoms with van der Waals surface area (Å²) >= 11 is 0. The Morgan fingerprint density at radius 3 is 2.17 bits per heavy atom. The third-order valence-electron chi connectivity index (χ3n) is 7.05. The van der Waals surface area contributed by atoms with Crippen LogP contribution in [-0.2, 0) is 20.9 Å². The van der Waals surface area contributed by atoms with Crippen molar-refractivity contribution in [2.45, 2.75) is 56.3 Å². The summed E-state index contributed by atoms with van der Waals surface area (Å²) in [5.74, 6) is -0.262. The van der Waals surface area contributed by atoms with Crippen molar-refractivity contribution in [2.75, 3.05) is 12.9 Å².